The smallest absolute Gasteiger partial charge is 0.260 e. The lowest BCUT2D eigenvalue weighted by molar-refractivity contribution is 0.0828. The van der Waals surface area contributed by atoms with Gasteiger partial charge in [0.1, 0.15) is 11.5 Å². The molecule has 26 heavy (non-hydrogen) atoms. The molecule has 0 saturated carbocycles. The summed E-state index contributed by atoms with van der Waals surface area (Å²) in [4.78, 5) is 19.4. The number of amides is 1. The van der Waals surface area contributed by atoms with Crippen LogP contribution in [0.2, 0.25) is 0 Å². The number of amidine groups is 1. The van der Waals surface area contributed by atoms with Crippen LogP contribution in [0.15, 0.2) is 53.5 Å². The lowest BCUT2D eigenvalue weighted by Crippen LogP contribution is -2.37. The largest absolute Gasteiger partial charge is 0.497 e. The van der Waals surface area contributed by atoms with Crippen LogP contribution in [-0.2, 0) is 0 Å². The van der Waals surface area contributed by atoms with Crippen molar-refractivity contribution < 1.29 is 14.3 Å². The van der Waals surface area contributed by atoms with Crippen molar-refractivity contribution in [2.24, 2.45) is 4.99 Å². The summed E-state index contributed by atoms with van der Waals surface area (Å²) >= 11 is 1.60. The maximum absolute atomic E-state index is 13.0. The minimum atomic E-state index is -0.0464. The van der Waals surface area contributed by atoms with E-state index in [9.17, 15) is 4.79 Å². The molecule has 1 heterocycles. The molecule has 0 bridgehead atoms. The number of nitrogens with zero attached hydrogens (tertiary/aromatic N) is 2. The zero-order valence-corrected chi connectivity index (χ0v) is 16.0. The maximum atomic E-state index is 13.0. The van der Waals surface area contributed by atoms with Crippen LogP contribution in [0.25, 0.3) is 0 Å². The third kappa shape index (κ3) is 4.02. The predicted molar refractivity (Wildman–Crippen MR) is 106 cm³/mol. The first-order valence-corrected chi connectivity index (χ1v) is 9.53. The van der Waals surface area contributed by atoms with Crippen LogP contribution in [0.1, 0.15) is 24.2 Å². The first kappa shape index (κ1) is 18.3. The van der Waals surface area contributed by atoms with Gasteiger partial charge in [0.05, 0.1) is 19.4 Å². The van der Waals surface area contributed by atoms with Crippen LogP contribution >= 0.6 is 11.8 Å². The Balaban J connectivity index is 1.83. The van der Waals surface area contributed by atoms with Gasteiger partial charge in [0.15, 0.2) is 5.17 Å². The van der Waals surface area contributed by atoms with Crippen molar-refractivity contribution in [1.82, 2.24) is 4.90 Å². The fourth-order valence-corrected chi connectivity index (χ4v) is 3.78. The van der Waals surface area contributed by atoms with Crippen molar-refractivity contribution in [2.75, 3.05) is 19.5 Å². The molecule has 1 amide bonds. The molecule has 1 aliphatic rings. The van der Waals surface area contributed by atoms with E-state index >= 15 is 0 Å². The molecule has 136 valence electrons. The van der Waals surface area contributed by atoms with Gasteiger partial charge >= 0.3 is 0 Å². The maximum Gasteiger partial charge on any atom is 0.260 e. The molecule has 0 radical (unpaired) electrons. The standard InChI is InChI=1S/C20H22N2O3S/c1-4-25-18-11-7-16(8-12-18)21-20-22(14(2)13-26-20)19(23)15-5-9-17(24-3)10-6-15/h5-12,14H,4,13H2,1-3H3/t14-/m0/s1. The number of ether oxygens (including phenoxy) is 2. The van der Waals surface area contributed by atoms with E-state index in [1.54, 1.807) is 48.0 Å². The van der Waals surface area contributed by atoms with Crippen molar-refractivity contribution in [2.45, 2.75) is 19.9 Å². The summed E-state index contributed by atoms with van der Waals surface area (Å²) in [5, 5.41) is 0.725. The summed E-state index contributed by atoms with van der Waals surface area (Å²) in [6.07, 6.45) is 0. The SMILES string of the molecule is CCOc1ccc(N=C2SC[C@H](C)N2C(=O)c2ccc(OC)cc2)cc1. The molecule has 0 aliphatic carbocycles. The summed E-state index contributed by atoms with van der Waals surface area (Å²) in [5.41, 5.74) is 1.43. The predicted octanol–water partition coefficient (Wildman–Crippen LogP) is 4.36. The van der Waals surface area contributed by atoms with E-state index in [1.165, 1.54) is 0 Å². The van der Waals surface area contributed by atoms with Gasteiger partial charge in [-0.3, -0.25) is 9.69 Å². The van der Waals surface area contributed by atoms with Gasteiger partial charge in [-0.25, -0.2) is 4.99 Å². The summed E-state index contributed by atoms with van der Waals surface area (Å²) in [6, 6.07) is 14.8. The lowest BCUT2D eigenvalue weighted by Gasteiger charge is -2.21. The highest BCUT2D eigenvalue weighted by Crippen LogP contribution is 2.29. The average Bonchev–Trinajstić information content (AvgIpc) is 3.03. The second kappa shape index (κ2) is 8.27. The highest BCUT2D eigenvalue weighted by molar-refractivity contribution is 8.14. The number of hydrogen-bond acceptors (Lipinski definition) is 5. The molecule has 0 N–H and O–H groups in total. The molecule has 0 aromatic heterocycles. The van der Waals surface area contributed by atoms with Crippen LogP contribution in [0.5, 0.6) is 11.5 Å². The Morgan fingerprint density at radius 2 is 1.81 bits per heavy atom. The second-order valence-electron chi connectivity index (χ2n) is 5.88. The third-order valence-electron chi connectivity index (χ3n) is 4.03. The van der Waals surface area contributed by atoms with E-state index in [1.807, 2.05) is 38.1 Å². The number of thioether (sulfide) groups is 1. The van der Waals surface area contributed by atoms with Crippen LogP contribution in [0, 0.1) is 0 Å². The first-order chi connectivity index (χ1) is 12.6. The quantitative estimate of drug-likeness (QED) is 0.785. The van der Waals surface area contributed by atoms with Crippen LogP contribution in [0.4, 0.5) is 5.69 Å². The zero-order chi connectivity index (χ0) is 18.5. The fraction of sp³-hybridized carbons (Fsp3) is 0.300. The molecule has 0 spiro atoms. The second-order valence-corrected chi connectivity index (χ2v) is 6.87. The number of carbonyl (C=O) groups is 1. The summed E-state index contributed by atoms with van der Waals surface area (Å²) in [5.74, 6) is 2.33. The van der Waals surface area contributed by atoms with Crippen molar-refractivity contribution >= 4 is 28.5 Å². The molecular weight excluding hydrogens is 348 g/mol. The van der Waals surface area contributed by atoms with Gasteiger partial charge in [-0.2, -0.15) is 0 Å². The van der Waals surface area contributed by atoms with E-state index in [-0.39, 0.29) is 11.9 Å². The molecule has 0 unspecified atom stereocenters. The molecule has 1 atom stereocenters. The monoisotopic (exact) mass is 370 g/mol. The molecule has 1 fully saturated rings. The molecule has 1 aliphatic heterocycles. The molecule has 5 nitrogen and oxygen atoms in total. The Labute approximate surface area is 158 Å². The Morgan fingerprint density at radius 3 is 2.42 bits per heavy atom. The van der Waals surface area contributed by atoms with Crippen molar-refractivity contribution in [3.8, 4) is 11.5 Å². The van der Waals surface area contributed by atoms with E-state index in [4.69, 9.17) is 9.47 Å². The Hall–Kier alpha value is -2.47. The van der Waals surface area contributed by atoms with E-state index in [0.29, 0.717) is 12.2 Å². The van der Waals surface area contributed by atoms with E-state index in [0.717, 1.165) is 28.1 Å². The lowest BCUT2D eigenvalue weighted by atomic mass is 10.1. The first-order valence-electron chi connectivity index (χ1n) is 8.54. The van der Waals surface area contributed by atoms with Gasteiger partial charge in [-0.05, 0) is 62.4 Å². The highest BCUT2D eigenvalue weighted by atomic mass is 32.2. The summed E-state index contributed by atoms with van der Waals surface area (Å²) in [7, 11) is 1.61. The molecule has 6 heteroatoms. The Bertz CT molecular complexity index is 788. The number of benzene rings is 2. The van der Waals surface area contributed by atoms with Gasteiger partial charge in [0.2, 0.25) is 0 Å². The topological polar surface area (TPSA) is 51.1 Å². The van der Waals surface area contributed by atoms with Gasteiger partial charge in [0.25, 0.3) is 5.91 Å². The van der Waals surface area contributed by atoms with Gasteiger partial charge in [-0.1, -0.05) is 11.8 Å². The molecule has 3 rings (SSSR count). The number of carbonyl (C=O) groups excluding carboxylic acids is 1. The minimum Gasteiger partial charge on any atom is -0.497 e. The third-order valence-corrected chi connectivity index (χ3v) is 5.22. The molecule has 1 saturated heterocycles. The van der Waals surface area contributed by atoms with Crippen LogP contribution in [0.3, 0.4) is 0 Å². The molecular formula is C20H22N2O3S. The number of rotatable bonds is 5. The Kier molecular flexibility index (Phi) is 5.83. The molecule has 2 aromatic carbocycles. The summed E-state index contributed by atoms with van der Waals surface area (Å²) < 4.78 is 10.6. The minimum absolute atomic E-state index is 0.0464. The normalized spacial score (nSPS) is 18.2. The van der Waals surface area contributed by atoms with Gasteiger partial charge in [0, 0.05) is 17.4 Å². The van der Waals surface area contributed by atoms with Gasteiger partial charge < -0.3 is 9.47 Å². The average molecular weight is 370 g/mol. The van der Waals surface area contributed by atoms with Crippen LogP contribution < -0.4 is 9.47 Å². The fourth-order valence-electron chi connectivity index (χ4n) is 2.67. The van der Waals surface area contributed by atoms with E-state index in [2.05, 4.69) is 4.99 Å². The van der Waals surface area contributed by atoms with Crippen molar-refractivity contribution in [3.63, 3.8) is 0 Å². The highest BCUT2D eigenvalue weighted by Gasteiger charge is 2.32. The Morgan fingerprint density at radius 1 is 1.15 bits per heavy atom. The van der Waals surface area contributed by atoms with Crippen molar-refractivity contribution in [1.29, 1.82) is 0 Å². The van der Waals surface area contributed by atoms with Gasteiger partial charge in [-0.15, -0.1) is 0 Å². The number of aliphatic imine (C=N–C) groups is 1. The summed E-state index contributed by atoms with van der Waals surface area (Å²) in [6.45, 7) is 4.62. The van der Waals surface area contributed by atoms with Crippen molar-refractivity contribution in [3.05, 3.63) is 54.1 Å². The van der Waals surface area contributed by atoms with E-state index < -0.39 is 0 Å². The molecule has 2 aromatic rings. The van der Waals surface area contributed by atoms with Crippen LogP contribution in [-0.4, -0.2) is 41.5 Å². The number of hydrogen-bond donors (Lipinski definition) is 0. The zero-order valence-electron chi connectivity index (χ0n) is 15.1. The number of methoxy groups -OCH3 is 1.